The fourth-order valence-electron chi connectivity index (χ4n) is 2.24. The summed E-state index contributed by atoms with van der Waals surface area (Å²) in [6.07, 6.45) is 0.767. The Kier molecular flexibility index (Phi) is 4.56. The van der Waals surface area contributed by atoms with Gasteiger partial charge in [-0.3, -0.25) is 4.79 Å². The number of halogens is 1. The first-order valence-electron chi connectivity index (χ1n) is 7.20. The molecule has 0 heterocycles. The standard InChI is InChI=1S/C19H21FO/c1-19(2,3)16-8-4-14(5-9-16)12-18(21)13-15-6-10-17(20)11-7-15/h4-11H,12-13H2,1-3H3. The van der Waals surface area contributed by atoms with Gasteiger partial charge in [-0.1, -0.05) is 57.2 Å². The molecular weight excluding hydrogens is 263 g/mol. The summed E-state index contributed by atoms with van der Waals surface area (Å²) in [6, 6.07) is 14.3. The zero-order chi connectivity index (χ0) is 15.5. The summed E-state index contributed by atoms with van der Waals surface area (Å²) in [6.45, 7) is 6.51. The van der Waals surface area contributed by atoms with Crippen LogP contribution in [0.15, 0.2) is 48.5 Å². The molecule has 2 aromatic rings. The van der Waals surface area contributed by atoms with Crippen molar-refractivity contribution in [2.24, 2.45) is 0 Å². The van der Waals surface area contributed by atoms with Crippen molar-refractivity contribution < 1.29 is 9.18 Å². The van der Waals surface area contributed by atoms with E-state index in [4.69, 9.17) is 0 Å². The van der Waals surface area contributed by atoms with Gasteiger partial charge in [-0.15, -0.1) is 0 Å². The van der Waals surface area contributed by atoms with Crippen LogP contribution in [-0.4, -0.2) is 5.78 Å². The summed E-state index contributed by atoms with van der Waals surface area (Å²) in [5.41, 5.74) is 3.26. The molecule has 0 radical (unpaired) electrons. The number of hydrogen-bond acceptors (Lipinski definition) is 1. The van der Waals surface area contributed by atoms with E-state index in [1.807, 2.05) is 12.1 Å². The predicted octanol–water partition coefficient (Wildman–Crippen LogP) is 4.48. The summed E-state index contributed by atoms with van der Waals surface area (Å²) in [4.78, 5) is 12.1. The lowest BCUT2D eigenvalue weighted by molar-refractivity contribution is -0.117. The van der Waals surface area contributed by atoms with E-state index in [0.717, 1.165) is 11.1 Å². The SMILES string of the molecule is CC(C)(C)c1ccc(CC(=O)Cc2ccc(F)cc2)cc1. The van der Waals surface area contributed by atoms with E-state index in [1.165, 1.54) is 17.7 Å². The molecule has 0 saturated heterocycles. The zero-order valence-electron chi connectivity index (χ0n) is 12.8. The number of ketones is 1. The van der Waals surface area contributed by atoms with Gasteiger partial charge in [-0.05, 0) is 34.2 Å². The minimum atomic E-state index is -0.274. The monoisotopic (exact) mass is 284 g/mol. The lowest BCUT2D eigenvalue weighted by Gasteiger charge is -2.19. The smallest absolute Gasteiger partial charge is 0.141 e. The van der Waals surface area contributed by atoms with Gasteiger partial charge < -0.3 is 0 Å². The van der Waals surface area contributed by atoms with E-state index in [-0.39, 0.29) is 17.0 Å². The average Bonchev–Trinajstić information content (AvgIpc) is 2.41. The summed E-state index contributed by atoms with van der Waals surface area (Å²) in [5.74, 6) is -0.130. The topological polar surface area (TPSA) is 17.1 Å². The third-order valence-electron chi connectivity index (χ3n) is 3.54. The minimum absolute atomic E-state index is 0.122. The Hall–Kier alpha value is -1.96. The first-order valence-corrected chi connectivity index (χ1v) is 7.20. The third kappa shape index (κ3) is 4.52. The molecule has 0 saturated carbocycles. The van der Waals surface area contributed by atoms with Crippen LogP contribution in [0.4, 0.5) is 4.39 Å². The van der Waals surface area contributed by atoms with Crippen LogP contribution >= 0.6 is 0 Å². The summed E-state index contributed by atoms with van der Waals surface area (Å²) < 4.78 is 12.8. The lowest BCUT2D eigenvalue weighted by Crippen LogP contribution is -2.11. The highest BCUT2D eigenvalue weighted by Crippen LogP contribution is 2.22. The quantitative estimate of drug-likeness (QED) is 0.809. The Morgan fingerprint density at radius 3 is 1.71 bits per heavy atom. The van der Waals surface area contributed by atoms with Gasteiger partial charge >= 0.3 is 0 Å². The molecule has 110 valence electrons. The zero-order valence-corrected chi connectivity index (χ0v) is 12.8. The molecule has 21 heavy (non-hydrogen) atoms. The molecule has 0 spiro atoms. The number of hydrogen-bond donors (Lipinski definition) is 0. The van der Waals surface area contributed by atoms with Crippen molar-refractivity contribution in [3.8, 4) is 0 Å². The van der Waals surface area contributed by atoms with Gasteiger partial charge in [0.2, 0.25) is 0 Å². The highest BCUT2D eigenvalue weighted by atomic mass is 19.1. The molecule has 0 amide bonds. The first kappa shape index (κ1) is 15.4. The summed E-state index contributed by atoms with van der Waals surface area (Å²) in [5, 5.41) is 0. The minimum Gasteiger partial charge on any atom is -0.299 e. The molecule has 0 bridgehead atoms. The molecule has 0 aliphatic rings. The second kappa shape index (κ2) is 6.21. The molecule has 2 rings (SSSR count). The summed E-state index contributed by atoms with van der Waals surface area (Å²) >= 11 is 0. The summed E-state index contributed by atoms with van der Waals surface area (Å²) in [7, 11) is 0. The number of rotatable bonds is 4. The van der Waals surface area contributed by atoms with E-state index in [2.05, 4.69) is 32.9 Å². The average molecular weight is 284 g/mol. The van der Waals surface area contributed by atoms with Crippen molar-refractivity contribution in [2.45, 2.75) is 39.0 Å². The molecular formula is C19H21FO. The molecule has 0 fully saturated rings. The van der Waals surface area contributed by atoms with Crippen molar-refractivity contribution in [3.63, 3.8) is 0 Å². The van der Waals surface area contributed by atoms with E-state index >= 15 is 0 Å². The van der Waals surface area contributed by atoms with Gasteiger partial charge in [0, 0.05) is 12.8 Å². The van der Waals surface area contributed by atoms with Gasteiger partial charge in [0.05, 0.1) is 0 Å². The molecule has 2 aromatic carbocycles. The van der Waals surface area contributed by atoms with Crippen LogP contribution in [0.5, 0.6) is 0 Å². The largest absolute Gasteiger partial charge is 0.299 e. The van der Waals surface area contributed by atoms with Crippen LogP contribution in [-0.2, 0) is 23.1 Å². The highest BCUT2D eigenvalue weighted by molar-refractivity contribution is 5.83. The van der Waals surface area contributed by atoms with Gasteiger partial charge in [0.25, 0.3) is 0 Å². The second-order valence-electron chi connectivity index (χ2n) is 6.47. The Balaban J connectivity index is 1.98. The normalized spacial score (nSPS) is 11.4. The van der Waals surface area contributed by atoms with Crippen molar-refractivity contribution in [1.82, 2.24) is 0 Å². The third-order valence-corrected chi connectivity index (χ3v) is 3.54. The van der Waals surface area contributed by atoms with Gasteiger partial charge in [-0.2, -0.15) is 0 Å². The van der Waals surface area contributed by atoms with Crippen molar-refractivity contribution in [3.05, 3.63) is 71.0 Å². The van der Waals surface area contributed by atoms with Crippen LogP contribution in [0.2, 0.25) is 0 Å². The van der Waals surface area contributed by atoms with Gasteiger partial charge in [0.1, 0.15) is 11.6 Å². The van der Waals surface area contributed by atoms with Crippen LogP contribution < -0.4 is 0 Å². The van der Waals surface area contributed by atoms with Crippen LogP contribution in [0, 0.1) is 5.82 Å². The van der Waals surface area contributed by atoms with E-state index < -0.39 is 0 Å². The van der Waals surface area contributed by atoms with Gasteiger partial charge in [-0.25, -0.2) is 4.39 Å². The van der Waals surface area contributed by atoms with Crippen LogP contribution in [0.1, 0.15) is 37.5 Å². The molecule has 1 nitrogen and oxygen atoms in total. The second-order valence-corrected chi connectivity index (χ2v) is 6.47. The number of carbonyl (C=O) groups excluding carboxylic acids is 1. The van der Waals surface area contributed by atoms with Crippen LogP contribution in [0.3, 0.4) is 0 Å². The Labute approximate surface area is 125 Å². The molecule has 0 aromatic heterocycles. The van der Waals surface area contributed by atoms with E-state index in [9.17, 15) is 9.18 Å². The van der Waals surface area contributed by atoms with Crippen molar-refractivity contribution in [2.75, 3.05) is 0 Å². The number of benzene rings is 2. The van der Waals surface area contributed by atoms with E-state index in [1.54, 1.807) is 12.1 Å². The number of carbonyl (C=O) groups is 1. The fourth-order valence-corrected chi connectivity index (χ4v) is 2.24. The van der Waals surface area contributed by atoms with Gasteiger partial charge in [0.15, 0.2) is 0 Å². The maximum atomic E-state index is 12.8. The molecule has 0 aliphatic heterocycles. The Bertz CT molecular complexity index is 604. The molecule has 2 heteroatoms. The molecule has 0 unspecified atom stereocenters. The van der Waals surface area contributed by atoms with Crippen LogP contribution in [0.25, 0.3) is 0 Å². The van der Waals surface area contributed by atoms with Crippen molar-refractivity contribution in [1.29, 1.82) is 0 Å². The maximum Gasteiger partial charge on any atom is 0.141 e. The maximum absolute atomic E-state index is 12.8. The molecule has 0 atom stereocenters. The first-order chi connectivity index (χ1) is 9.84. The predicted molar refractivity (Wildman–Crippen MR) is 84.0 cm³/mol. The molecule has 0 aliphatic carbocycles. The molecule has 0 N–H and O–H groups in total. The Morgan fingerprint density at radius 2 is 1.29 bits per heavy atom. The van der Waals surface area contributed by atoms with Crippen molar-refractivity contribution >= 4 is 5.78 Å². The fraction of sp³-hybridized carbons (Fsp3) is 0.316. The number of Topliss-reactive ketones (excluding diaryl/α,β-unsaturated/α-hetero) is 1. The highest BCUT2D eigenvalue weighted by Gasteiger charge is 2.13. The lowest BCUT2D eigenvalue weighted by atomic mass is 9.86. The Morgan fingerprint density at radius 1 is 0.857 bits per heavy atom. The van der Waals surface area contributed by atoms with E-state index in [0.29, 0.717) is 12.8 Å².